The number of amides is 2. The van der Waals surface area contributed by atoms with Crippen LogP contribution >= 0.6 is 0 Å². The molecule has 2 aliphatic carbocycles. The number of aryl methyl sites for hydroxylation is 2. The minimum Gasteiger partial charge on any atom is -0.508 e. The summed E-state index contributed by atoms with van der Waals surface area (Å²) >= 11 is 0. The molecule has 0 bridgehead atoms. The first-order valence-corrected chi connectivity index (χ1v) is 21.0. The van der Waals surface area contributed by atoms with E-state index in [4.69, 9.17) is 13.8 Å². The Balaban J connectivity index is 1.03. The maximum absolute atomic E-state index is 14.6. The molecule has 0 radical (unpaired) electrons. The van der Waals surface area contributed by atoms with Crippen molar-refractivity contribution in [2.24, 2.45) is 4.99 Å². The van der Waals surface area contributed by atoms with E-state index in [1.165, 1.54) is 30.3 Å². The minimum atomic E-state index is -1.25. The van der Waals surface area contributed by atoms with Gasteiger partial charge in [0.15, 0.2) is 5.43 Å². The zero-order valence-corrected chi connectivity index (χ0v) is 35.2. The van der Waals surface area contributed by atoms with E-state index in [9.17, 15) is 29.4 Å². The van der Waals surface area contributed by atoms with Gasteiger partial charge in [0.25, 0.3) is 11.8 Å². The Labute approximate surface area is 362 Å². The smallest absolute Gasteiger partial charge is 0.336 e. The third kappa shape index (κ3) is 7.33. The Hall–Kier alpha value is -7.73. The number of benzene rings is 6. The van der Waals surface area contributed by atoms with Crippen LogP contribution in [0, 0.1) is 13.8 Å². The fraction of sp³-hybridized carbons (Fsp3) is 0.196. The van der Waals surface area contributed by atoms with Gasteiger partial charge in [-0.3, -0.25) is 19.4 Å². The first-order valence-electron chi connectivity index (χ1n) is 21.0. The highest BCUT2D eigenvalue weighted by atomic mass is 16.4. The second-order valence-corrected chi connectivity index (χ2v) is 15.8. The quantitative estimate of drug-likeness (QED) is 0.127. The van der Waals surface area contributed by atoms with Crippen molar-refractivity contribution in [3.05, 3.63) is 147 Å². The van der Waals surface area contributed by atoms with Gasteiger partial charge in [-0.1, -0.05) is 24.3 Å². The molecule has 0 spiro atoms. The second-order valence-electron chi connectivity index (χ2n) is 15.8. The zero-order chi connectivity index (χ0) is 44.1. The Morgan fingerprint density at radius 2 is 1.33 bits per heavy atom. The number of piperazine rings is 1. The van der Waals surface area contributed by atoms with Gasteiger partial charge in [-0.2, -0.15) is 0 Å². The average molecular weight is 841 g/mol. The highest BCUT2D eigenvalue weighted by Crippen LogP contribution is 2.44. The summed E-state index contributed by atoms with van der Waals surface area (Å²) in [5.41, 5.74) is 8.06. The third-order valence-corrected chi connectivity index (χ3v) is 11.8. The van der Waals surface area contributed by atoms with Crippen molar-refractivity contribution in [1.29, 1.82) is 0 Å². The fourth-order valence-corrected chi connectivity index (χ4v) is 8.78. The van der Waals surface area contributed by atoms with Crippen LogP contribution in [-0.4, -0.2) is 77.1 Å². The molecule has 1 fully saturated rings. The molecule has 0 atom stereocenters. The number of phenols is 1. The maximum atomic E-state index is 14.6. The molecule has 0 aromatic heterocycles. The van der Waals surface area contributed by atoms with E-state index in [1.54, 1.807) is 34.1 Å². The van der Waals surface area contributed by atoms with Crippen molar-refractivity contribution in [3.8, 4) is 50.7 Å². The highest BCUT2D eigenvalue weighted by Gasteiger charge is 2.30. The molecule has 3 N–H and O–H groups in total. The summed E-state index contributed by atoms with van der Waals surface area (Å²) in [6, 6.07) is 29.1. The summed E-state index contributed by atoms with van der Waals surface area (Å²) in [4.78, 5) is 61.9. The van der Waals surface area contributed by atoms with Crippen LogP contribution in [-0.2, 0) is 0 Å². The average Bonchev–Trinajstić information content (AvgIpc) is 3.28. The molecular weight excluding hydrogens is 797 g/mol. The number of nitrogens with one attached hydrogen (secondary N) is 1. The second kappa shape index (κ2) is 16.3. The Bertz CT molecular complexity index is 3230. The predicted octanol–water partition coefficient (Wildman–Crippen LogP) is 9.05. The fourth-order valence-electron chi connectivity index (χ4n) is 8.78. The number of hydrogen-bond acceptors (Lipinski definition) is 9. The van der Waals surface area contributed by atoms with Crippen molar-refractivity contribution in [3.63, 3.8) is 0 Å². The van der Waals surface area contributed by atoms with E-state index in [2.05, 4.69) is 24.4 Å². The van der Waals surface area contributed by atoms with E-state index in [0.717, 1.165) is 50.8 Å². The molecule has 12 nitrogen and oxygen atoms in total. The van der Waals surface area contributed by atoms with E-state index in [-0.39, 0.29) is 71.6 Å². The number of phenolic OH excluding ortho intramolecular Hbond substituents is 1. The molecule has 63 heavy (non-hydrogen) atoms. The molecule has 5 aliphatic rings. The number of anilines is 1. The standard InChI is InChI=1S/C51H44N4O8/c1-5-52-41-26-45-39(21-28(41)3)48(40-22-29(4)42(53-6-2)27-46(40)63-45)33-9-7-8-10-35(33)50(59)55-19-17-54(18-20-55)49(58)30-11-14-34(38(23-30)51(60)61)47-36-15-12-31(56)24-43(36)62-44-25-32(57)13-16-37(44)47/h7-16,21-27,52,56H,5-6,17-20H2,1-4H3,(H,60,61). The van der Waals surface area contributed by atoms with Crippen LogP contribution < -0.4 is 16.1 Å². The lowest BCUT2D eigenvalue weighted by molar-refractivity contribution is 0.0535. The van der Waals surface area contributed by atoms with Gasteiger partial charge >= 0.3 is 5.97 Å². The Morgan fingerprint density at radius 1 is 0.667 bits per heavy atom. The lowest BCUT2D eigenvalue weighted by Crippen LogP contribution is -2.50. The van der Waals surface area contributed by atoms with E-state index >= 15 is 0 Å². The molecule has 2 amide bonds. The lowest BCUT2D eigenvalue weighted by Gasteiger charge is -2.35. The monoisotopic (exact) mass is 840 g/mol. The van der Waals surface area contributed by atoms with Gasteiger partial charge in [-0.05, 0) is 105 Å². The topological polar surface area (TPSA) is 166 Å². The highest BCUT2D eigenvalue weighted by molar-refractivity contribution is 6.11. The molecule has 9 rings (SSSR count). The number of rotatable bonds is 8. The van der Waals surface area contributed by atoms with Crippen LogP contribution in [0.1, 0.15) is 56.0 Å². The van der Waals surface area contributed by atoms with E-state index in [1.807, 2.05) is 57.2 Å². The summed E-state index contributed by atoms with van der Waals surface area (Å²) in [7, 11) is 0. The third-order valence-electron chi connectivity index (χ3n) is 11.8. The molecule has 1 saturated heterocycles. The lowest BCUT2D eigenvalue weighted by atomic mass is 9.89. The molecule has 0 saturated carbocycles. The number of nitrogens with zero attached hydrogens (tertiary/aromatic N) is 3. The van der Waals surface area contributed by atoms with Crippen molar-refractivity contribution in [2.75, 3.05) is 44.6 Å². The van der Waals surface area contributed by atoms with Gasteiger partial charge in [0.1, 0.15) is 28.4 Å². The predicted molar refractivity (Wildman–Crippen MR) is 243 cm³/mol. The Kier molecular flexibility index (Phi) is 10.5. The van der Waals surface area contributed by atoms with Gasteiger partial charge in [0.05, 0.1) is 10.9 Å². The van der Waals surface area contributed by atoms with Gasteiger partial charge in [0.2, 0.25) is 0 Å². The van der Waals surface area contributed by atoms with Gasteiger partial charge in [-0.25, -0.2) is 4.79 Å². The Morgan fingerprint density at radius 3 is 2.06 bits per heavy atom. The van der Waals surface area contributed by atoms with Crippen molar-refractivity contribution in [1.82, 2.24) is 9.80 Å². The molecule has 3 aliphatic heterocycles. The molecule has 0 unspecified atom stereocenters. The van der Waals surface area contributed by atoms with Gasteiger partial charge < -0.3 is 34.2 Å². The van der Waals surface area contributed by atoms with Crippen LogP contribution in [0.5, 0.6) is 5.75 Å². The number of aromatic carboxylic acids is 1. The van der Waals surface area contributed by atoms with Crippen LogP contribution in [0.3, 0.4) is 0 Å². The number of fused-ring (bicyclic) bond motifs is 4. The number of hydrogen-bond donors (Lipinski definition) is 3. The molecule has 3 heterocycles. The minimum absolute atomic E-state index is 0.0586. The van der Waals surface area contributed by atoms with Crippen LogP contribution in [0.4, 0.5) is 5.69 Å². The van der Waals surface area contributed by atoms with E-state index in [0.29, 0.717) is 45.5 Å². The SMILES string of the molecule is CCN=c1cc2oc3cc(NCC)c(C)cc3c(-c3ccccc3C(=O)N3CCN(C(=O)c4ccc(-c5c6ccc(=O)cc-6oc6cc(O)ccc56)c(C(=O)O)c4)CC3)c-2cc1C. The maximum Gasteiger partial charge on any atom is 0.336 e. The summed E-state index contributed by atoms with van der Waals surface area (Å²) in [6.45, 7) is 10.5. The zero-order valence-electron chi connectivity index (χ0n) is 35.2. The molecule has 12 heteroatoms. The van der Waals surface area contributed by atoms with Crippen molar-refractivity contribution < 1.29 is 33.4 Å². The molecule has 316 valence electrons. The van der Waals surface area contributed by atoms with Gasteiger partial charge in [-0.15, -0.1) is 0 Å². The molecule has 4 aromatic rings. The van der Waals surface area contributed by atoms with Crippen LogP contribution in [0.15, 0.2) is 122 Å². The normalized spacial score (nSPS) is 13.4. The van der Waals surface area contributed by atoms with E-state index < -0.39 is 5.97 Å². The summed E-state index contributed by atoms with van der Waals surface area (Å²) in [5, 5.41) is 26.4. The number of aromatic hydroxyl groups is 1. The van der Waals surface area contributed by atoms with Crippen molar-refractivity contribution in [2.45, 2.75) is 27.7 Å². The number of carbonyl (C=O) groups is 3. The summed E-state index contributed by atoms with van der Waals surface area (Å²) < 4.78 is 12.5. The summed E-state index contributed by atoms with van der Waals surface area (Å²) in [5.74, 6) is -0.949. The van der Waals surface area contributed by atoms with Crippen molar-refractivity contribution >= 4 is 45.4 Å². The first kappa shape index (κ1) is 40.7. The number of carboxylic acids is 1. The molecular formula is C51H44N4O8. The number of carbonyl (C=O) groups excluding carboxylic acids is 2. The number of carboxylic acid groups (broad SMARTS) is 1. The largest absolute Gasteiger partial charge is 0.508 e. The van der Waals surface area contributed by atoms with Crippen LogP contribution in [0.25, 0.3) is 66.8 Å². The first-order chi connectivity index (χ1) is 30.4. The van der Waals surface area contributed by atoms with Gasteiger partial charge in [0, 0.05) is 113 Å². The summed E-state index contributed by atoms with van der Waals surface area (Å²) in [6.07, 6.45) is 0. The van der Waals surface area contributed by atoms with Crippen LogP contribution in [0.2, 0.25) is 0 Å². The molecule has 4 aromatic carbocycles.